The summed E-state index contributed by atoms with van der Waals surface area (Å²) in [5, 5.41) is 4.98. The van der Waals surface area contributed by atoms with Crippen LogP contribution in [-0.4, -0.2) is 6.54 Å². The van der Waals surface area contributed by atoms with Gasteiger partial charge in [0.25, 0.3) is 0 Å². The summed E-state index contributed by atoms with van der Waals surface area (Å²) in [5.41, 5.74) is 2.29. The maximum absolute atomic E-state index is 6.25. The van der Waals surface area contributed by atoms with Crippen LogP contribution in [0.3, 0.4) is 0 Å². The molecule has 0 radical (unpaired) electrons. The predicted molar refractivity (Wildman–Crippen MR) is 88.6 cm³/mol. The minimum absolute atomic E-state index is 0.386. The molecule has 1 heterocycles. The molecule has 1 aromatic carbocycles. The molecule has 1 aliphatic carbocycles. The van der Waals surface area contributed by atoms with Gasteiger partial charge in [-0.25, -0.2) is 0 Å². The second kappa shape index (κ2) is 6.65. The van der Waals surface area contributed by atoms with Gasteiger partial charge in [0, 0.05) is 5.39 Å². The summed E-state index contributed by atoms with van der Waals surface area (Å²) in [4.78, 5) is 0. The minimum Gasteiger partial charge on any atom is -0.459 e. The van der Waals surface area contributed by atoms with Gasteiger partial charge in [0.2, 0.25) is 0 Å². The highest BCUT2D eigenvalue weighted by atomic mass is 16.3. The van der Waals surface area contributed by atoms with E-state index in [-0.39, 0.29) is 0 Å². The third-order valence-corrected chi connectivity index (χ3v) is 4.80. The summed E-state index contributed by atoms with van der Waals surface area (Å²) in [6.07, 6.45) is 7.97. The van der Waals surface area contributed by atoms with Crippen molar-refractivity contribution in [1.82, 2.24) is 5.32 Å². The number of para-hydroxylation sites is 1. The molecule has 1 atom stereocenters. The van der Waals surface area contributed by atoms with Crippen molar-refractivity contribution < 1.29 is 4.42 Å². The second-order valence-corrected chi connectivity index (χ2v) is 6.47. The molecule has 2 aromatic rings. The Bertz CT molecular complexity index is 580. The molecule has 0 spiro atoms. The quantitative estimate of drug-likeness (QED) is 0.799. The van der Waals surface area contributed by atoms with Crippen molar-refractivity contribution in [2.45, 2.75) is 58.4 Å². The Hall–Kier alpha value is -1.28. The van der Waals surface area contributed by atoms with Gasteiger partial charge in [0.1, 0.15) is 11.3 Å². The first-order chi connectivity index (χ1) is 10.3. The van der Waals surface area contributed by atoms with Gasteiger partial charge in [-0.05, 0) is 50.3 Å². The van der Waals surface area contributed by atoms with Crippen molar-refractivity contribution >= 4 is 11.0 Å². The van der Waals surface area contributed by atoms with Crippen molar-refractivity contribution in [2.24, 2.45) is 5.92 Å². The molecule has 0 amide bonds. The van der Waals surface area contributed by atoms with Crippen molar-refractivity contribution in [3.05, 3.63) is 35.6 Å². The van der Waals surface area contributed by atoms with E-state index < -0.39 is 0 Å². The fourth-order valence-electron chi connectivity index (χ4n) is 3.65. The molecule has 1 N–H and O–H groups in total. The lowest BCUT2D eigenvalue weighted by atomic mass is 9.83. The van der Waals surface area contributed by atoms with Crippen molar-refractivity contribution in [3.8, 4) is 0 Å². The van der Waals surface area contributed by atoms with Crippen LogP contribution >= 0.6 is 0 Å². The highest BCUT2D eigenvalue weighted by Gasteiger charge is 2.27. The first kappa shape index (κ1) is 14.6. The highest BCUT2D eigenvalue weighted by Crippen LogP contribution is 2.37. The minimum atomic E-state index is 0.386. The lowest BCUT2D eigenvalue weighted by Crippen LogP contribution is -2.30. The maximum Gasteiger partial charge on any atom is 0.137 e. The van der Waals surface area contributed by atoms with Crippen molar-refractivity contribution in [2.75, 3.05) is 6.54 Å². The molecule has 0 saturated heterocycles. The zero-order valence-electron chi connectivity index (χ0n) is 13.3. The van der Waals surface area contributed by atoms with Gasteiger partial charge in [-0.2, -0.15) is 0 Å². The van der Waals surface area contributed by atoms with Gasteiger partial charge in [-0.15, -0.1) is 0 Å². The Morgan fingerprint density at radius 2 is 2.05 bits per heavy atom. The summed E-state index contributed by atoms with van der Waals surface area (Å²) in [7, 11) is 0. The standard InChI is InChI=1S/C19H27NO/c1-3-12-20-18(15-9-5-4-6-10-15)17-13-16-11-7-8-14(2)19(16)21-17/h7-8,11,13,15,18,20H,3-6,9-10,12H2,1-2H3. The highest BCUT2D eigenvalue weighted by molar-refractivity contribution is 5.81. The van der Waals surface area contributed by atoms with E-state index in [4.69, 9.17) is 4.42 Å². The van der Waals surface area contributed by atoms with Crippen molar-refractivity contribution in [1.29, 1.82) is 0 Å². The molecule has 1 aliphatic rings. The third-order valence-electron chi connectivity index (χ3n) is 4.80. The van der Waals surface area contributed by atoms with Crippen LogP contribution in [0, 0.1) is 12.8 Å². The van der Waals surface area contributed by atoms with E-state index in [2.05, 4.69) is 43.4 Å². The van der Waals surface area contributed by atoms with Gasteiger partial charge in [-0.3, -0.25) is 0 Å². The average molecular weight is 285 g/mol. The number of hydrogen-bond donors (Lipinski definition) is 1. The maximum atomic E-state index is 6.25. The molecule has 2 nitrogen and oxygen atoms in total. The van der Waals surface area contributed by atoms with Crippen LogP contribution in [0.4, 0.5) is 0 Å². The summed E-state index contributed by atoms with van der Waals surface area (Å²) in [6, 6.07) is 9.05. The number of fused-ring (bicyclic) bond motifs is 1. The van der Waals surface area contributed by atoms with Gasteiger partial charge < -0.3 is 9.73 Å². The second-order valence-electron chi connectivity index (χ2n) is 6.47. The summed E-state index contributed by atoms with van der Waals surface area (Å²) < 4.78 is 6.25. The monoisotopic (exact) mass is 285 g/mol. The lowest BCUT2D eigenvalue weighted by Gasteiger charge is -2.29. The number of nitrogens with one attached hydrogen (secondary N) is 1. The third kappa shape index (κ3) is 3.16. The van der Waals surface area contributed by atoms with Gasteiger partial charge in [0.15, 0.2) is 0 Å². The Morgan fingerprint density at radius 3 is 2.76 bits per heavy atom. The van der Waals surface area contributed by atoms with E-state index in [1.807, 2.05) is 0 Å². The van der Waals surface area contributed by atoms with Crippen LogP contribution in [0.15, 0.2) is 28.7 Å². The molecule has 21 heavy (non-hydrogen) atoms. The largest absolute Gasteiger partial charge is 0.459 e. The first-order valence-electron chi connectivity index (χ1n) is 8.52. The molecule has 114 valence electrons. The Balaban J connectivity index is 1.90. The van der Waals surface area contributed by atoms with E-state index >= 15 is 0 Å². The number of hydrogen-bond acceptors (Lipinski definition) is 2. The van der Waals surface area contributed by atoms with Crippen LogP contribution in [0.2, 0.25) is 0 Å². The molecule has 1 aromatic heterocycles. The van der Waals surface area contributed by atoms with E-state index in [0.29, 0.717) is 6.04 Å². The predicted octanol–water partition coefficient (Wildman–Crippen LogP) is 5.36. The Morgan fingerprint density at radius 1 is 1.24 bits per heavy atom. The molecular formula is C19H27NO. The average Bonchev–Trinajstić information content (AvgIpc) is 2.94. The zero-order chi connectivity index (χ0) is 14.7. The number of furan rings is 1. The van der Waals surface area contributed by atoms with Gasteiger partial charge >= 0.3 is 0 Å². The summed E-state index contributed by atoms with van der Waals surface area (Å²) in [6.45, 7) is 5.43. The topological polar surface area (TPSA) is 25.2 Å². The van der Waals surface area contributed by atoms with Crippen LogP contribution in [0.25, 0.3) is 11.0 Å². The summed E-state index contributed by atoms with van der Waals surface area (Å²) >= 11 is 0. The Labute approximate surface area is 127 Å². The van der Waals surface area contributed by atoms with Gasteiger partial charge in [-0.1, -0.05) is 44.4 Å². The molecule has 2 heteroatoms. The fourth-order valence-corrected chi connectivity index (χ4v) is 3.65. The first-order valence-corrected chi connectivity index (χ1v) is 8.52. The lowest BCUT2D eigenvalue weighted by molar-refractivity contribution is 0.247. The SMILES string of the molecule is CCCNC(c1cc2cccc(C)c2o1)C1CCCCC1. The van der Waals surface area contributed by atoms with Crippen LogP contribution in [0.1, 0.15) is 62.8 Å². The molecular weight excluding hydrogens is 258 g/mol. The summed E-state index contributed by atoms with van der Waals surface area (Å²) in [5.74, 6) is 1.87. The van der Waals surface area contributed by atoms with E-state index in [1.54, 1.807) is 0 Å². The zero-order valence-corrected chi connectivity index (χ0v) is 13.3. The molecule has 0 aliphatic heterocycles. The molecule has 3 rings (SSSR count). The number of aryl methyl sites for hydroxylation is 1. The number of rotatable bonds is 5. The molecule has 0 bridgehead atoms. The fraction of sp³-hybridized carbons (Fsp3) is 0.579. The van der Waals surface area contributed by atoms with Crippen LogP contribution in [0.5, 0.6) is 0 Å². The van der Waals surface area contributed by atoms with Crippen LogP contribution in [-0.2, 0) is 0 Å². The van der Waals surface area contributed by atoms with Crippen LogP contribution < -0.4 is 5.32 Å². The van der Waals surface area contributed by atoms with Gasteiger partial charge in [0.05, 0.1) is 6.04 Å². The molecule has 1 saturated carbocycles. The Kier molecular flexibility index (Phi) is 4.64. The molecule has 1 fully saturated rings. The molecule has 1 unspecified atom stereocenters. The van der Waals surface area contributed by atoms with E-state index in [0.717, 1.165) is 23.8 Å². The smallest absolute Gasteiger partial charge is 0.137 e. The van der Waals surface area contributed by atoms with Crippen molar-refractivity contribution in [3.63, 3.8) is 0 Å². The van der Waals surface area contributed by atoms with E-state index in [1.165, 1.54) is 49.5 Å². The van der Waals surface area contributed by atoms with E-state index in [9.17, 15) is 0 Å². The number of benzene rings is 1. The normalized spacial score (nSPS) is 18.2.